The van der Waals surface area contributed by atoms with Crippen LogP contribution in [0.15, 0.2) is 48.8 Å². The molecule has 1 aliphatic heterocycles. The highest BCUT2D eigenvalue weighted by Gasteiger charge is 2.30. The number of sulfone groups is 1. The fourth-order valence-electron chi connectivity index (χ4n) is 3.64. The van der Waals surface area contributed by atoms with Crippen LogP contribution in [0, 0.1) is 0 Å². The van der Waals surface area contributed by atoms with E-state index in [1.807, 2.05) is 36.7 Å². The molecule has 1 aromatic carbocycles. The number of fused-ring (bicyclic) bond motifs is 1. The van der Waals surface area contributed by atoms with Crippen molar-refractivity contribution in [2.24, 2.45) is 0 Å². The summed E-state index contributed by atoms with van der Waals surface area (Å²) in [7, 11) is -2.87. The Labute approximate surface area is 173 Å². The smallest absolute Gasteiger partial charge is 0.155 e. The molecule has 1 saturated heterocycles. The first-order valence-corrected chi connectivity index (χ1v) is 12.1. The van der Waals surface area contributed by atoms with Crippen LogP contribution in [0.2, 0.25) is 0 Å². The number of anilines is 1. The average molecular weight is 415 g/mol. The molecule has 1 aliphatic rings. The fourth-order valence-corrected chi connectivity index (χ4v) is 4.84. The van der Waals surface area contributed by atoms with Gasteiger partial charge in [-0.1, -0.05) is 32.9 Å². The zero-order valence-electron chi connectivity index (χ0n) is 17.7. The van der Waals surface area contributed by atoms with Gasteiger partial charge < -0.3 is 4.90 Å². The second kappa shape index (κ2) is 8.53. The Bertz CT molecular complexity index is 1010. The Morgan fingerprint density at radius 3 is 2.34 bits per heavy atom. The van der Waals surface area contributed by atoms with Gasteiger partial charge in [0.05, 0.1) is 17.2 Å². The maximum atomic E-state index is 11.6. The van der Waals surface area contributed by atoms with Crippen LogP contribution < -0.4 is 4.90 Å². The number of rotatable bonds is 4. The average Bonchev–Trinajstić information content (AvgIpc) is 3.20. The Balaban J connectivity index is 0.00000117. The van der Waals surface area contributed by atoms with Crippen LogP contribution in [0.25, 0.3) is 5.65 Å². The predicted molar refractivity (Wildman–Crippen MR) is 118 cm³/mol. The number of hydrogen-bond donors (Lipinski definition) is 0. The van der Waals surface area contributed by atoms with E-state index in [2.05, 4.69) is 48.0 Å². The van der Waals surface area contributed by atoms with Crippen molar-refractivity contribution in [1.29, 1.82) is 0 Å². The van der Waals surface area contributed by atoms with Crippen molar-refractivity contribution in [3.8, 4) is 0 Å². The van der Waals surface area contributed by atoms with Crippen LogP contribution in [0.1, 0.15) is 45.4 Å². The van der Waals surface area contributed by atoms with Gasteiger partial charge in [0.1, 0.15) is 0 Å². The van der Waals surface area contributed by atoms with E-state index < -0.39 is 9.84 Å². The van der Waals surface area contributed by atoms with Crippen LogP contribution in [-0.2, 0) is 15.3 Å². The van der Waals surface area contributed by atoms with Gasteiger partial charge in [-0.25, -0.2) is 17.9 Å². The van der Waals surface area contributed by atoms with Gasteiger partial charge in [0.2, 0.25) is 0 Å². The lowest BCUT2D eigenvalue weighted by molar-refractivity contribution is 0.528. The molecule has 0 amide bonds. The van der Waals surface area contributed by atoms with Crippen molar-refractivity contribution in [3.63, 3.8) is 0 Å². The summed E-state index contributed by atoms with van der Waals surface area (Å²) in [5.41, 5.74) is 3.90. The Kier molecular flexibility index (Phi) is 6.27. The standard InChI is InChI=1S/C20H24N4O2S.C2H6/c1-3-20(2,18-15-19-21-9-4-10-24(19)22-18)16-5-7-17(8-6-16)23-11-13-27(25,26)14-12-23;1-2/h4-10,15H,3,11-14H2,1-2H3;1-2H3. The van der Waals surface area contributed by atoms with Crippen LogP contribution >= 0.6 is 0 Å². The number of nitrogens with zero attached hydrogens (tertiary/aromatic N) is 4. The molecular formula is C22H30N4O2S. The molecule has 0 saturated carbocycles. The summed E-state index contributed by atoms with van der Waals surface area (Å²) < 4.78 is 25.1. The highest BCUT2D eigenvalue weighted by atomic mass is 32.2. The lowest BCUT2D eigenvalue weighted by atomic mass is 9.77. The van der Waals surface area contributed by atoms with Crippen molar-refractivity contribution in [3.05, 3.63) is 60.0 Å². The molecule has 1 fully saturated rings. The van der Waals surface area contributed by atoms with Gasteiger partial charge >= 0.3 is 0 Å². The Morgan fingerprint density at radius 1 is 1.10 bits per heavy atom. The first-order valence-electron chi connectivity index (χ1n) is 10.3. The van der Waals surface area contributed by atoms with E-state index in [4.69, 9.17) is 5.10 Å². The number of hydrogen-bond acceptors (Lipinski definition) is 5. The zero-order chi connectivity index (χ0) is 21.1. The van der Waals surface area contributed by atoms with Crippen molar-refractivity contribution in [2.75, 3.05) is 29.5 Å². The van der Waals surface area contributed by atoms with Crippen molar-refractivity contribution >= 4 is 21.2 Å². The third kappa shape index (κ3) is 4.29. The molecule has 6 nitrogen and oxygen atoms in total. The molecule has 0 spiro atoms. The first-order chi connectivity index (χ1) is 13.9. The fraction of sp³-hybridized carbons (Fsp3) is 0.455. The first kappa shape index (κ1) is 21.3. The summed E-state index contributed by atoms with van der Waals surface area (Å²) >= 11 is 0. The van der Waals surface area contributed by atoms with Crippen molar-refractivity contribution < 1.29 is 8.42 Å². The van der Waals surface area contributed by atoms with Crippen molar-refractivity contribution in [1.82, 2.24) is 14.6 Å². The second-order valence-electron chi connectivity index (χ2n) is 7.32. The van der Waals surface area contributed by atoms with Crippen LogP contribution in [0.3, 0.4) is 0 Å². The molecule has 0 radical (unpaired) electrons. The molecule has 3 aromatic rings. The molecule has 1 unspecified atom stereocenters. The van der Waals surface area contributed by atoms with E-state index in [0.717, 1.165) is 23.4 Å². The minimum Gasteiger partial charge on any atom is -0.369 e. The Hall–Kier alpha value is -2.41. The topological polar surface area (TPSA) is 67.6 Å². The molecule has 7 heteroatoms. The van der Waals surface area contributed by atoms with Gasteiger partial charge in [0.25, 0.3) is 0 Å². The SMILES string of the molecule is CC.CCC(C)(c1ccc(N2CCS(=O)(=O)CC2)cc1)c1cc2ncccn2n1. The van der Waals surface area contributed by atoms with Gasteiger partial charge in [-0.15, -0.1) is 0 Å². The molecule has 0 N–H and O–H groups in total. The van der Waals surface area contributed by atoms with E-state index in [0.29, 0.717) is 13.1 Å². The van der Waals surface area contributed by atoms with Crippen LogP contribution in [-0.4, -0.2) is 47.6 Å². The van der Waals surface area contributed by atoms with Gasteiger partial charge in [-0.2, -0.15) is 5.10 Å². The molecule has 29 heavy (non-hydrogen) atoms. The maximum Gasteiger partial charge on any atom is 0.155 e. The van der Waals surface area contributed by atoms with Gasteiger partial charge in [0.15, 0.2) is 15.5 Å². The summed E-state index contributed by atoms with van der Waals surface area (Å²) in [6.07, 6.45) is 4.60. The van der Waals surface area contributed by atoms with Gasteiger partial charge in [0, 0.05) is 42.7 Å². The lowest BCUT2D eigenvalue weighted by Crippen LogP contribution is -2.40. The highest BCUT2D eigenvalue weighted by Crippen LogP contribution is 2.35. The van der Waals surface area contributed by atoms with Gasteiger partial charge in [-0.05, 0) is 37.1 Å². The number of aromatic nitrogens is 3. The summed E-state index contributed by atoms with van der Waals surface area (Å²) in [5.74, 6) is 0.464. The molecule has 2 aromatic heterocycles. The summed E-state index contributed by atoms with van der Waals surface area (Å²) in [5, 5.41) is 4.74. The largest absolute Gasteiger partial charge is 0.369 e. The molecule has 0 bridgehead atoms. The monoisotopic (exact) mass is 414 g/mol. The second-order valence-corrected chi connectivity index (χ2v) is 9.63. The summed E-state index contributed by atoms with van der Waals surface area (Å²) in [4.78, 5) is 6.52. The molecule has 3 heterocycles. The maximum absolute atomic E-state index is 11.6. The molecule has 156 valence electrons. The van der Waals surface area contributed by atoms with E-state index >= 15 is 0 Å². The van der Waals surface area contributed by atoms with Crippen molar-refractivity contribution in [2.45, 2.75) is 39.5 Å². The summed E-state index contributed by atoms with van der Waals surface area (Å²) in [6, 6.07) is 12.4. The molecule has 1 atom stereocenters. The van der Waals surface area contributed by atoms with E-state index in [-0.39, 0.29) is 16.9 Å². The van der Waals surface area contributed by atoms with E-state index in [1.54, 1.807) is 6.20 Å². The van der Waals surface area contributed by atoms with Crippen LogP contribution in [0.4, 0.5) is 5.69 Å². The number of benzene rings is 1. The normalized spacial score (nSPS) is 18.0. The quantitative estimate of drug-likeness (QED) is 0.651. The molecule has 4 rings (SSSR count). The lowest BCUT2D eigenvalue weighted by Gasteiger charge is -2.30. The Morgan fingerprint density at radius 2 is 1.76 bits per heavy atom. The molecular weight excluding hydrogens is 384 g/mol. The van der Waals surface area contributed by atoms with Gasteiger partial charge in [-0.3, -0.25) is 0 Å². The third-order valence-electron chi connectivity index (χ3n) is 5.72. The van der Waals surface area contributed by atoms with E-state index in [1.165, 1.54) is 5.56 Å². The third-order valence-corrected chi connectivity index (χ3v) is 7.33. The predicted octanol–water partition coefficient (Wildman–Crippen LogP) is 3.71. The summed E-state index contributed by atoms with van der Waals surface area (Å²) in [6.45, 7) is 9.49. The minimum atomic E-state index is -2.87. The highest BCUT2D eigenvalue weighted by molar-refractivity contribution is 7.91. The van der Waals surface area contributed by atoms with Crippen LogP contribution in [0.5, 0.6) is 0 Å². The zero-order valence-corrected chi connectivity index (χ0v) is 18.5. The van der Waals surface area contributed by atoms with E-state index in [9.17, 15) is 8.42 Å². The molecule has 0 aliphatic carbocycles. The minimum absolute atomic E-state index is 0.211.